The lowest BCUT2D eigenvalue weighted by atomic mass is 10.1. The summed E-state index contributed by atoms with van der Waals surface area (Å²) in [6.07, 6.45) is 6.04. The summed E-state index contributed by atoms with van der Waals surface area (Å²) in [6, 6.07) is 8.51. The monoisotopic (exact) mass is 394 g/mol. The van der Waals surface area contributed by atoms with Gasteiger partial charge in [-0.25, -0.2) is 9.97 Å². The van der Waals surface area contributed by atoms with Gasteiger partial charge >= 0.3 is 0 Å². The third-order valence-electron chi connectivity index (χ3n) is 5.94. The third-order valence-corrected chi connectivity index (χ3v) is 5.94. The van der Waals surface area contributed by atoms with Crippen molar-refractivity contribution in [1.82, 2.24) is 19.8 Å². The molecule has 154 valence electrons. The lowest BCUT2D eigenvalue weighted by molar-refractivity contribution is -0.129. The van der Waals surface area contributed by atoms with E-state index in [1.807, 2.05) is 23.2 Å². The van der Waals surface area contributed by atoms with E-state index >= 15 is 0 Å². The molecule has 29 heavy (non-hydrogen) atoms. The molecule has 0 aliphatic carbocycles. The molecule has 0 radical (unpaired) electrons. The number of hydrogen-bond donors (Lipinski definition) is 0. The molecule has 6 nitrogen and oxygen atoms in total. The summed E-state index contributed by atoms with van der Waals surface area (Å²) in [6.45, 7) is 7.90. The summed E-state index contributed by atoms with van der Waals surface area (Å²) in [4.78, 5) is 25.6. The number of fused-ring (bicyclic) bond motifs is 1. The van der Waals surface area contributed by atoms with Crippen molar-refractivity contribution in [2.24, 2.45) is 0 Å². The minimum Gasteiger partial charge on any atom is -0.494 e. The Bertz CT molecular complexity index is 852. The van der Waals surface area contributed by atoms with Gasteiger partial charge in [0.15, 0.2) is 0 Å². The lowest BCUT2D eigenvalue weighted by Crippen LogP contribution is -2.35. The molecule has 1 amide bonds. The summed E-state index contributed by atoms with van der Waals surface area (Å²) in [5.41, 5.74) is 3.45. The molecule has 0 bridgehead atoms. The second kappa shape index (κ2) is 8.91. The van der Waals surface area contributed by atoms with Gasteiger partial charge in [-0.2, -0.15) is 0 Å². The number of ether oxygens (including phenoxy) is 1. The normalized spacial score (nSPS) is 19.2. The SMILES string of the molecule is CC(=O)N1CCc2nc(C3CCCN3CCCOc3ccc(C)cc3)ncc2C1. The van der Waals surface area contributed by atoms with Crippen LogP contribution in [0.1, 0.15) is 54.9 Å². The number of nitrogens with zero attached hydrogens (tertiary/aromatic N) is 4. The molecule has 4 rings (SSSR count). The maximum atomic E-state index is 11.6. The van der Waals surface area contributed by atoms with E-state index in [0.29, 0.717) is 12.6 Å². The zero-order valence-corrected chi connectivity index (χ0v) is 17.4. The summed E-state index contributed by atoms with van der Waals surface area (Å²) in [5, 5.41) is 0. The molecular formula is C23H30N4O2. The van der Waals surface area contributed by atoms with Crippen LogP contribution in [0, 0.1) is 6.92 Å². The summed E-state index contributed by atoms with van der Waals surface area (Å²) >= 11 is 0. The van der Waals surface area contributed by atoms with Gasteiger partial charge in [-0.15, -0.1) is 0 Å². The quantitative estimate of drug-likeness (QED) is 0.704. The maximum Gasteiger partial charge on any atom is 0.219 e. The van der Waals surface area contributed by atoms with Crippen LogP contribution < -0.4 is 4.74 Å². The van der Waals surface area contributed by atoms with E-state index in [1.54, 1.807) is 6.92 Å². The maximum absolute atomic E-state index is 11.6. The smallest absolute Gasteiger partial charge is 0.219 e. The fourth-order valence-electron chi connectivity index (χ4n) is 4.24. The van der Waals surface area contributed by atoms with Gasteiger partial charge in [-0.1, -0.05) is 17.7 Å². The average Bonchev–Trinajstić information content (AvgIpc) is 3.20. The zero-order chi connectivity index (χ0) is 20.2. The van der Waals surface area contributed by atoms with Crippen LogP contribution in [0.4, 0.5) is 0 Å². The molecule has 2 aliphatic heterocycles. The lowest BCUT2D eigenvalue weighted by Gasteiger charge is -2.28. The van der Waals surface area contributed by atoms with Crippen molar-refractivity contribution in [3.8, 4) is 5.75 Å². The van der Waals surface area contributed by atoms with Crippen molar-refractivity contribution in [2.75, 3.05) is 26.2 Å². The van der Waals surface area contributed by atoms with E-state index in [1.165, 1.54) is 12.0 Å². The van der Waals surface area contributed by atoms with Crippen molar-refractivity contribution in [1.29, 1.82) is 0 Å². The van der Waals surface area contributed by atoms with Crippen LogP contribution in [-0.4, -0.2) is 51.9 Å². The van der Waals surface area contributed by atoms with Gasteiger partial charge < -0.3 is 9.64 Å². The Hall–Kier alpha value is -2.47. The fraction of sp³-hybridized carbons (Fsp3) is 0.522. The van der Waals surface area contributed by atoms with Crippen LogP contribution in [-0.2, 0) is 17.8 Å². The zero-order valence-electron chi connectivity index (χ0n) is 17.4. The molecule has 2 aliphatic rings. The minimum atomic E-state index is 0.120. The van der Waals surface area contributed by atoms with E-state index in [-0.39, 0.29) is 5.91 Å². The van der Waals surface area contributed by atoms with Gasteiger partial charge in [-0.3, -0.25) is 9.69 Å². The van der Waals surface area contributed by atoms with Gasteiger partial charge in [-0.05, 0) is 44.9 Å². The second-order valence-corrected chi connectivity index (χ2v) is 8.10. The highest BCUT2D eigenvalue weighted by atomic mass is 16.5. The van der Waals surface area contributed by atoms with Gasteiger partial charge in [0.25, 0.3) is 0 Å². The van der Waals surface area contributed by atoms with E-state index in [4.69, 9.17) is 9.72 Å². The summed E-state index contributed by atoms with van der Waals surface area (Å²) < 4.78 is 5.88. The van der Waals surface area contributed by atoms with Crippen molar-refractivity contribution < 1.29 is 9.53 Å². The Morgan fingerprint density at radius 1 is 1.24 bits per heavy atom. The molecule has 1 fully saturated rings. The molecule has 0 spiro atoms. The topological polar surface area (TPSA) is 58.6 Å². The van der Waals surface area contributed by atoms with Crippen molar-refractivity contribution in [3.05, 3.63) is 53.1 Å². The van der Waals surface area contributed by atoms with Gasteiger partial charge in [0, 0.05) is 44.7 Å². The van der Waals surface area contributed by atoms with Crippen molar-refractivity contribution >= 4 is 5.91 Å². The van der Waals surface area contributed by atoms with E-state index in [9.17, 15) is 4.79 Å². The molecule has 1 atom stereocenters. The number of likely N-dealkylation sites (tertiary alicyclic amines) is 1. The number of carbonyl (C=O) groups excluding carboxylic acids is 1. The van der Waals surface area contributed by atoms with E-state index in [0.717, 1.165) is 68.3 Å². The number of benzene rings is 1. The Morgan fingerprint density at radius 3 is 2.86 bits per heavy atom. The largest absolute Gasteiger partial charge is 0.494 e. The van der Waals surface area contributed by atoms with Crippen LogP contribution in [0.15, 0.2) is 30.5 Å². The molecule has 2 aromatic rings. The number of amides is 1. The van der Waals surface area contributed by atoms with Gasteiger partial charge in [0.1, 0.15) is 11.6 Å². The molecule has 3 heterocycles. The molecule has 0 saturated carbocycles. The second-order valence-electron chi connectivity index (χ2n) is 8.10. The van der Waals surface area contributed by atoms with Crippen LogP contribution >= 0.6 is 0 Å². The Morgan fingerprint density at radius 2 is 2.07 bits per heavy atom. The summed E-state index contributed by atoms with van der Waals surface area (Å²) in [5.74, 6) is 2.00. The molecule has 1 saturated heterocycles. The molecular weight excluding hydrogens is 364 g/mol. The first-order valence-corrected chi connectivity index (χ1v) is 10.6. The van der Waals surface area contributed by atoms with Crippen LogP contribution in [0.25, 0.3) is 0 Å². The first-order chi connectivity index (χ1) is 14.1. The first kappa shape index (κ1) is 19.8. The van der Waals surface area contributed by atoms with Crippen molar-refractivity contribution in [3.63, 3.8) is 0 Å². The molecule has 1 aromatic carbocycles. The number of aromatic nitrogens is 2. The number of hydrogen-bond acceptors (Lipinski definition) is 5. The summed E-state index contributed by atoms with van der Waals surface area (Å²) in [7, 11) is 0. The average molecular weight is 395 g/mol. The number of carbonyl (C=O) groups is 1. The number of rotatable bonds is 6. The minimum absolute atomic E-state index is 0.120. The molecule has 1 aromatic heterocycles. The molecule has 0 N–H and O–H groups in total. The van der Waals surface area contributed by atoms with Gasteiger partial charge in [0.05, 0.1) is 18.3 Å². The van der Waals surface area contributed by atoms with Crippen LogP contribution in [0.3, 0.4) is 0 Å². The highest BCUT2D eigenvalue weighted by Crippen LogP contribution is 2.30. The van der Waals surface area contributed by atoms with Crippen molar-refractivity contribution in [2.45, 2.75) is 52.1 Å². The van der Waals surface area contributed by atoms with E-state index in [2.05, 4.69) is 28.9 Å². The third kappa shape index (κ3) is 4.75. The van der Waals surface area contributed by atoms with Crippen LogP contribution in [0.2, 0.25) is 0 Å². The highest BCUT2D eigenvalue weighted by molar-refractivity contribution is 5.73. The first-order valence-electron chi connectivity index (χ1n) is 10.6. The Labute approximate surface area is 172 Å². The standard InChI is InChI=1S/C23H30N4O2/c1-17-6-8-20(9-7-17)29-14-4-12-26-11-3-5-22(26)23-24-15-19-16-27(18(2)28)13-10-21(19)25-23/h6-9,15,22H,3-5,10-14,16H2,1-2H3. The highest BCUT2D eigenvalue weighted by Gasteiger charge is 2.29. The molecule has 1 unspecified atom stereocenters. The fourth-order valence-corrected chi connectivity index (χ4v) is 4.24. The number of aryl methyl sites for hydroxylation is 1. The predicted octanol–water partition coefficient (Wildman–Crippen LogP) is 3.30. The van der Waals surface area contributed by atoms with E-state index < -0.39 is 0 Å². The van der Waals surface area contributed by atoms with Crippen LogP contribution in [0.5, 0.6) is 5.75 Å². The van der Waals surface area contributed by atoms with Gasteiger partial charge in [0.2, 0.25) is 5.91 Å². The predicted molar refractivity (Wildman–Crippen MR) is 112 cm³/mol. The Balaban J connectivity index is 1.32. The molecule has 6 heteroatoms. The Kier molecular flexibility index (Phi) is 6.09.